The number of rotatable bonds is 3. The molecule has 2 N–H and O–H groups in total. The topological polar surface area (TPSA) is 77.4 Å². The van der Waals surface area contributed by atoms with E-state index in [0.29, 0.717) is 10.8 Å². The van der Waals surface area contributed by atoms with Gasteiger partial charge in [0.2, 0.25) is 0 Å². The SMILES string of the molecule is CO[C@@H]1O[C@@H](C)[C@@H](O)[C@@H](OC(=S)Oc2ccc(Cl)cc2)[C@@H]1O. The van der Waals surface area contributed by atoms with Crippen LogP contribution in [0.1, 0.15) is 6.92 Å². The molecule has 0 saturated carbocycles. The Morgan fingerprint density at radius 3 is 2.45 bits per heavy atom. The molecule has 0 aliphatic carbocycles. The smallest absolute Gasteiger partial charge is 0.358 e. The Labute approximate surface area is 138 Å². The van der Waals surface area contributed by atoms with Crippen molar-refractivity contribution in [2.45, 2.75) is 37.6 Å². The Balaban J connectivity index is 2.00. The minimum atomic E-state index is -1.21. The maximum absolute atomic E-state index is 10.1. The molecule has 1 heterocycles. The summed E-state index contributed by atoms with van der Waals surface area (Å²) in [5.41, 5.74) is 0. The van der Waals surface area contributed by atoms with E-state index in [1.165, 1.54) is 7.11 Å². The normalized spacial score (nSPS) is 31.6. The second kappa shape index (κ2) is 7.54. The summed E-state index contributed by atoms with van der Waals surface area (Å²) in [5.74, 6) is 0.432. The predicted molar refractivity (Wildman–Crippen MR) is 82.9 cm³/mol. The summed E-state index contributed by atoms with van der Waals surface area (Å²) in [6.07, 6.45) is -4.80. The van der Waals surface area contributed by atoms with Gasteiger partial charge in [-0.3, -0.25) is 0 Å². The molecule has 0 spiro atoms. The molecular formula is C14H17ClO6S. The van der Waals surface area contributed by atoms with E-state index in [0.717, 1.165) is 0 Å². The molecule has 0 bridgehead atoms. The molecule has 1 aromatic rings. The number of benzene rings is 1. The van der Waals surface area contributed by atoms with Gasteiger partial charge < -0.3 is 29.2 Å². The highest BCUT2D eigenvalue weighted by Crippen LogP contribution is 2.25. The summed E-state index contributed by atoms with van der Waals surface area (Å²) in [4.78, 5) is 0. The number of hydrogen-bond acceptors (Lipinski definition) is 7. The highest BCUT2D eigenvalue weighted by Gasteiger charge is 2.45. The number of thiocarbonyl (C=S) groups is 1. The third-order valence-corrected chi connectivity index (χ3v) is 3.69. The Morgan fingerprint density at radius 2 is 1.86 bits per heavy atom. The number of methoxy groups -OCH3 is 1. The van der Waals surface area contributed by atoms with E-state index >= 15 is 0 Å². The average Bonchev–Trinajstić information content (AvgIpc) is 2.49. The van der Waals surface area contributed by atoms with Gasteiger partial charge in [-0.25, -0.2) is 0 Å². The van der Waals surface area contributed by atoms with Crippen molar-refractivity contribution in [1.82, 2.24) is 0 Å². The highest BCUT2D eigenvalue weighted by atomic mass is 35.5. The zero-order valence-electron chi connectivity index (χ0n) is 12.0. The molecule has 1 saturated heterocycles. The fraction of sp³-hybridized carbons (Fsp3) is 0.500. The summed E-state index contributed by atoms with van der Waals surface area (Å²) in [6, 6.07) is 6.52. The first-order valence-electron chi connectivity index (χ1n) is 6.60. The van der Waals surface area contributed by atoms with Gasteiger partial charge in [-0.1, -0.05) is 11.6 Å². The van der Waals surface area contributed by atoms with Gasteiger partial charge in [0.25, 0.3) is 0 Å². The van der Waals surface area contributed by atoms with Crippen LogP contribution in [0.5, 0.6) is 5.75 Å². The summed E-state index contributed by atoms with van der Waals surface area (Å²) >= 11 is 10.8. The van der Waals surface area contributed by atoms with Gasteiger partial charge in [0.1, 0.15) is 18.0 Å². The largest absolute Gasteiger partial charge is 0.447 e. The summed E-state index contributed by atoms with van der Waals surface area (Å²) in [7, 11) is 1.39. The lowest BCUT2D eigenvalue weighted by atomic mass is 10.00. The van der Waals surface area contributed by atoms with Crippen LogP contribution in [0.25, 0.3) is 0 Å². The van der Waals surface area contributed by atoms with E-state index in [1.54, 1.807) is 31.2 Å². The fourth-order valence-corrected chi connectivity index (χ4v) is 2.40. The Bertz CT molecular complexity index is 511. The molecule has 1 fully saturated rings. The maximum atomic E-state index is 10.1. The van der Waals surface area contributed by atoms with E-state index in [1.807, 2.05) is 0 Å². The van der Waals surface area contributed by atoms with Gasteiger partial charge in [-0.2, -0.15) is 0 Å². The van der Waals surface area contributed by atoms with Crippen molar-refractivity contribution in [3.8, 4) is 5.75 Å². The van der Waals surface area contributed by atoms with E-state index in [2.05, 4.69) is 0 Å². The number of hydrogen-bond donors (Lipinski definition) is 2. The fourth-order valence-electron chi connectivity index (χ4n) is 2.06. The molecule has 0 aromatic heterocycles. The van der Waals surface area contributed by atoms with Crippen molar-refractivity contribution in [2.75, 3.05) is 7.11 Å². The molecule has 2 rings (SSSR count). The number of aliphatic hydroxyl groups excluding tert-OH is 2. The van der Waals surface area contributed by atoms with Crippen molar-refractivity contribution in [1.29, 1.82) is 0 Å². The first-order chi connectivity index (χ1) is 10.4. The zero-order chi connectivity index (χ0) is 16.3. The summed E-state index contributed by atoms with van der Waals surface area (Å²) in [6.45, 7) is 1.64. The minimum absolute atomic E-state index is 0.227. The van der Waals surface area contributed by atoms with Gasteiger partial charge in [0.05, 0.1) is 6.10 Å². The average molecular weight is 349 g/mol. The molecule has 22 heavy (non-hydrogen) atoms. The van der Waals surface area contributed by atoms with Crippen LogP contribution >= 0.6 is 23.8 Å². The molecule has 0 radical (unpaired) electrons. The van der Waals surface area contributed by atoms with Crippen LogP contribution in [-0.4, -0.2) is 53.3 Å². The third kappa shape index (κ3) is 4.07. The second-order valence-electron chi connectivity index (χ2n) is 4.81. The molecule has 5 atom stereocenters. The van der Waals surface area contributed by atoms with Crippen LogP contribution in [0.2, 0.25) is 5.02 Å². The number of ether oxygens (including phenoxy) is 4. The van der Waals surface area contributed by atoms with Gasteiger partial charge in [-0.15, -0.1) is 0 Å². The lowest BCUT2D eigenvalue weighted by Gasteiger charge is -2.40. The first-order valence-corrected chi connectivity index (χ1v) is 7.39. The van der Waals surface area contributed by atoms with Crippen molar-refractivity contribution >= 4 is 29.1 Å². The lowest BCUT2D eigenvalue weighted by molar-refractivity contribution is -0.284. The van der Waals surface area contributed by atoms with Crippen LogP contribution in [-0.2, 0) is 14.2 Å². The molecule has 1 aromatic carbocycles. The molecule has 1 aliphatic rings. The van der Waals surface area contributed by atoms with Crippen LogP contribution in [0.4, 0.5) is 0 Å². The number of aliphatic hydroxyl groups is 2. The quantitative estimate of drug-likeness (QED) is 0.801. The van der Waals surface area contributed by atoms with Crippen LogP contribution in [0.15, 0.2) is 24.3 Å². The molecule has 6 nitrogen and oxygen atoms in total. The Kier molecular flexibility index (Phi) is 5.96. The Morgan fingerprint density at radius 1 is 1.23 bits per heavy atom. The standard InChI is InChI=1S/C14H17ClO6S/c1-7-10(16)12(11(17)13(18-2)19-7)21-14(22)20-9-5-3-8(15)4-6-9/h3-7,10-13,16-17H,1-2H3/t7-,10+,11-,12+,13+/m0/s1. The molecular weight excluding hydrogens is 332 g/mol. The van der Waals surface area contributed by atoms with E-state index in [-0.39, 0.29) is 5.24 Å². The van der Waals surface area contributed by atoms with E-state index in [9.17, 15) is 10.2 Å². The molecule has 122 valence electrons. The van der Waals surface area contributed by atoms with Crippen molar-refractivity contribution < 1.29 is 29.2 Å². The Hall–Kier alpha value is -0.960. The monoisotopic (exact) mass is 348 g/mol. The maximum Gasteiger partial charge on any atom is 0.358 e. The van der Waals surface area contributed by atoms with Gasteiger partial charge >= 0.3 is 5.24 Å². The zero-order valence-corrected chi connectivity index (χ0v) is 13.6. The van der Waals surface area contributed by atoms with Crippen molar-refractivity contribution in [3.63, 3.8) is 0 Å². The van der Waals surface area contributed by atoms with Crippen molar-refractivity contribution in [2.24, 2.45) is 0 Å². The minimum Gasteiger partial charge on any atom is -0.447 e. The van der Waals surface area contributed by atoms with Crippen molar-refractivity contribution in [3.05, 3.63) is 29.3 Å². The predicted octanol–water partition coefficient (Wildman–Crippen LogP) is 1.50. The van der Waals surface area contributed by atoms with E-state index < -0.39 is 30.7 Å². The van der Waals surface area contributed by atoms with Crippen LogP contribution in [0.3, 0.4) is 0 Å². The van der Waals surface area contributed by atoms with Gasteiger partial charge in [-0.05, 0) is 31.2 Å². The summed E-state index contributed by atoms with van der Waals surface area (Å²) in [5, 5.41) is 20.5. The molecule has 0 unspecified atom stereocenters. The van der Waals surface area contributed by atoms with Crippen LogP contribution in [0, 0.1) is 0 Å². The van der Waals surface area contributed by atoms with Gasteiger partial charge in [0.15, 0.2) is 12.4 Å². The highest BCUT2D eigenvalue weighted by molar-refractivity contribution is 7.79. The summed E-state index contributed by atoms with van der Waals surface area (Å²) < 4.78 is 21.0. The second-order valence-corrected chi connectivity index (χ2v) is 5.58. The first kappa shape index (κ1) is 17.4. The van der Waals surface area contributed by atoms with E-state index in [4.69, 9.17) is 42.8 Å². The van der Waals surface area contributed by atoms with Crippen LogP contribution < -0.4 is 4.74 Å². The number of halogens is 1. The molecule has 8 heteroatoms. The third-order valence-electron chi connectivity index (χ3n) is 3.26. The van der Waals surface area contributed by atoms with Gasteiger partial charge in [0, 0.05) is 24.4 Å². The molecule has 0 amide bonds. The lowest BCUT2D eigenvalue weighted by Crippen LogP contribution is -2.58. The molecule has 1 aliphatic heterocycles.